The molecule has 1 aromatic heterocycles. The lowest BCUT2D eigenvalue weighted by Gasteiger charge is -2.22. The van der Waals surface area contributed by atoms with E-state index in [0.29, 0.717) is 11.4 Å². The Kier molecular flexibility index (Phi) is 3.13. The van der Waals surface area contributed by atoms with Crippen LogP contribution in [0.3, 0.4) is 0 Å². The van der Waals surface area contributed by atoms with Crippen LogP contribution in [0.5, 0.6) is 5.75 Å². The number of phenols is 1. The zero-order valence-corrected chi connectivity index (χ0v) is 12.8. The molecule has 1 atom stereocenters. The van der Waals surface area contributed by atoms with Crippen LogP contribution in [0.25, 0.3) is 11.3 Å². The molecule has 4 rings (SSSR count). The Bertz CT molecular complexity index is 916. The van der Waals surface area contributed by atoms with Crippen molar-refractivity contribution in [3.63, 3.8) is 0 Å². The van der Waals surface area contributed by atoms with Gasteiger partial charge in [-0.05, 0) is 42.0 Å². The van der Waals surface area contributed by atoms with E-state index in [1.807, 2.05) is 0 Å². The SMILES string of the molecule is CN1C(=O)c2[nH]nc(-c3ccc(F)cc3)c2C1c1ccc(O)cc1. The summed E-state index contributed by atoms with van der Waals surface area (Å²) >= 11 is 0. The lowest BCUT2D eigenvalue weighted by molar-refractivity contribution is 0.0788. The van der Waals surface area contributed by atoms with Gasteiger partial charge in [0.25, 0.3) is 5.91 Å². The van der Waals surface area contributed by atoms with E-state index in [1.54, 1.807) is 48.3 Å². The predicted octanol–water partition coefficient (Wildman–Crippen LogP) is 3.10. The normalized spacial score (nSPS) is 16.5. The number of rotatable bonds is 2. The third-order valence-corrected chi connectivity index (χ3v) is 4.33. The largest absolute Gasteiger partial charge is 0.508 e. The monoisotopic (exact) mass is 323 g/mol. The van der Waals surface area contributed by atoms with Crippen LogP contribution in [0.1, 0.15) is 27.7 Å². The number of fused-ring (bicyclic) bond motifs is 1. The summed E-state index contributed by atoms with van der Waals surface area (Å²) in [5.41, 5.74) is 3.43. The molecule has 5 nitrogen and oxygen atoms in total. The number of nitrogens with zero attached hydrogens (tertiary/aromatic N) is 2. The highest BCUT2D eigenvalue weighted by atomic mass is 19.1. The van der Waals surface area contributed by atoms with E-state index in [9.17, 15) is 14.3 Å². The first-order valence-electron chi connectivity index (χ1n) is 7.46. The van der Waals surface area contributed by atoms with E-state index in [1.165, 1.54) is 12.1 Å². The van der Waals surface area contributed by atoms with E-state index in [4.69, 9.17) is 0 Å². The van der Waals surface area contributed by atoms with Crippen LogP contribution in [0.2, 0.25) is 0 Å². The molecule has 0 radical (unpaired) electrons. The summed E-state index contributed by atoms with van der Waals surface area (Å²) in [7, 11) is 1.72. The molecule has 1 aliphatic heterocycles. The van der Waals surface area contributed by atoms with E-state index >= 15 is 0 Å². The molecular formula is C18H14FN3O2. The van der Waals surface area contributed by atoms with Crippen molar-refractivity contribution in [2.75, 3.05) is 7.05 Å². The average Bonchev–Trinajstić information content (AvgIpc) is 3.10. The fraction of sp³-hybridized carbons (Fsp3) is 0.111. The van der Waals surface area contributed by atoms with Gasteiger partial charge in [0.05, 0.1) is 11.7 Å². The zero-order chi connectivity index (χ0) is 16.8. The fourth-order valence-electron chi connectivity index (χ4n) is 3.14. The quantitative estimate of drug-likeness (QED) is 0.761. The topological polar surface area (TPSA) is 69.2 Å². The van der Waals surface area contributed by atoms with Crippen LogP contribution in [0.15, 0.2) is 48.5 Å². The molecule has 2 aromatic carbocycles. The number of H-pyrrole nitrogens is 1. The molecule has 0 fully saturated rings. The standard InChI is InChI=1S/C18H14FN3O2/c1-22-17(11-4-8-13(23)9-5-11)14-15(20-21-16(14)18(22)24)10-2-6-12(19)7-3-10/h2-9,17,23H,1H3,(H,20,21). The molecule has 24 heavy (non-hydrogen) atoms. The van der Waals surface area contributed by atoms with Crippen molar-refractivity contribution in [1.29, 1.82) is 0 Å². The van der Waals surface area contributed by atoms with Gasteiger partial charge in [-0.1, -0.05) is 12.1 Å². The van der Waals surface area contributed by atoms with Gasteiger partial charge in [-0.2, -0.15) is 5.10 Å². The molecule has 0 saturated carbocycles. The molecule has 3 aromatic rings. The number of aromatic amines is 1. The Morgan fingerprint density at radius 3 is 2.46 bits per heavy atom. The molecule has 0 aliphatic carbocycles. The van der Waals surface area contributed by atoms with Crippen molar-refractivity contribution in [2.45, 2.75) is 6.04 Å². The van der Waals surface area contributed by atoms with Gasteiger partial charge in [0.2, 0.25) is 0 Å². The van der Waals surface area contributed by atoms with E-state index in [0.717, 1.165) is 16.7 Å². The predicted molar refractivity (Wildman–Crippen MR) is 86.0 cm³/mol. The van der Waals surface area contributed by atoms with Gasteiger partial charge in [0, 0.05) is 18.2 Å². The Morgan fingerprint density at radius 2 is 1.79 bits per heavy atom. The first-order valence-corrected chi connectivity index (χ1v) is 7.46. The highest BCUT2D eigenvalue weighted by molar-refractivity contribution is 5.99. The number of aromatic hydroxyl groups is 1. The zero-order valence-electron chi connectivity index (χ0n) is 12.8. The second-order valence-corrected chi connectivity index (χ2v) is 5.78. The third-order valence-electron chi connectivity index (χ3n) is 4.33. The number of carbonyl (C=O) groups is 1. The van der Waals surface area contributed by atoms with Gasteiger partial charge in [-0.15, -0.1) is 0 Å². The summed E-state index contributed by atoms with van der Waals surface area (Å²) in [5.74, 6) is -0.310. The number of nitrogens with one attached hydrogen (secondary N) is 1. The number of hydrogen-bond acceptors (Lipinski definition) is 3. The molecule has 6 heteroatoms. The number of halogens is 1. The molecule has 2 N–H and O–H groups in total. The maximum atomic E-state index is 13.2. The molecule has 1 amide bonds. The minimum Gasteiger partial charge on any atom is -0.508 e. The number of hydrogen-bond donors (Lipinski definition) is 2. The molecule has 2 heterocycles. The van der Waals surface area contributed by atoms with Crippen molar-refractivity contribution in [2.24, 2.45) is 0 Å². The van der Waals surface area contributed by atoms with Gasteiger partial charge in [-0.25, -0.2) is 4.39 Å². The third kappa shape index (κ3) is 2.07. The Labute approximate surface area is 137 Å². The van der Waals surface area contributed by atoms with Crippen molar-refractivity contribution in [3.8, 4) is 17.0 Å². The van der Waals surface area contributed by atoms with Crippen molar-refractivity contribution >= 4 is 5.91 Å². The van der Waals surface area contributed by atoms with Crippen LogP contribution in [0, 0.1) is 5.82 Å². The number of amides is 1. The van der Waals surface area contributed by atoms with Gasteiger partial charge in [0.15, 0.2) is 0 Å². The van der Waals surface area contributed by atoms with Gasteiger partial charge >= 0.3 is 0 Å². The summed E-state index contributed by atoms with van der Waals surface area (Å²) in [5, 5.41) is 16.6. The smallest absolute Gasteiger partial charge is 0.272 e. The first-order chi connectivity index (χ1) is 11.6. The highest BCUT2D eigenvalue weighted by Gasteiger charge is 2.40. The summed E-state index contributed by atoms with van der Waals surface area (Å²) in [6.07, 6.45) is 0. The minimum atomic E-state index is -0.325. The molecule has 120 valence electrons. The molecule has 1 unspecified atom stereocenters. The fourth-order valence-corrected chi connectivity index (χ4v) is 3.14. The summed E-state index contributed by atoms with van der Waals surface area (Å²) in [4.78, 5) is 14.1. The van der Waals surface area contributed by atoms with Crippen molar-refractivity contribution in [3.05, 3.63) is 71.2 Å². The van der Waals surface area contributed by atoms with E-state index in [-0.39, 0.29) is 23.5 Å². The Morgan fingerprint density at radius 1 is 1.12 bits per heavy atom. The molecule has 1 aliphatic rings. The molecule has 0 bridgehead atoms. The first kappa shape index (κ1) is 14.4. The second-order valence-electron chi connectivity index (χ2n) is 5.78. The van der Waals surface area contributed by atoms with Crippen LogP contribution in [-0.2, 0) is 0 Å². The number of benzene rings is 2. The number of phenolic OH excluding ortho intramolecular Hbond substituents is 1. The Balaban J connectivity index is 1.88. The minimum absolute atomic E-state index is 0.149. The van der Waals surface area contributed by atoms with E-state index < -0.39 is 0 Å². The molecule has 0 saturated heterocycles. The van der Waals surface area contributed by atoms with Crippen LogP contribution in [-0.4, -0.2) is 33.2 Å². The van der Waals surface area contributed by atoms with Crippen molar-refractivity contribution in [1.82, 2.24) is 15.1 Å². The van der Waals surface area contributed by atoms with Crippen LogP contribution in [0.4, 0.5) is 4.39 Å². The summed E-state index contributed by atoms with van der Waals surface area (Å²) in [6, 6.07) is 12.4. The highest BCUT2D eigenvalue weighted by Crippen LogP contribution is 2.41. The lowest BCUT2D eigenvalue weighted by Crippen LogP contribution is -2.24. The maximum absolute atomic E-state index is 13.2. The second kappa shape index (κ2) is 5.19. The Hall–Kier alpha value is -3.15. The number of aromatic nitrogens is 2. The van der Waals surface area contributed by atoms with Gasteiger partial charge in [-0.3, -0.25) is 9.89 Å². The van der Waals surface area contributed by atoms with Crippen LogP contribution < -0.4 is 0 Å². The van der Waals surface area contributed by atoms with E-state index in [2.05, 4.69) is 10.2 Å². The van der Waals surface area contributed by atoms with Gasteiger partial charge < -0.3 is 10.0 Å². The average molecular weight is 323 g/mol. The lowest BCUT2D eigenvalue weighted by atomic mass is 9.96. The van der Waals surface area contributed by atoms with Crippen LogP contribution >= 0.6 is 0 Å². The summed E-state index contributed by atoms with van der Waals surface area (Å²) < 4.78 is 13.2. The summed E-state index contributed by atoms with van der Waals surface area (Å²) in [6.45, 7) is 0. The van der Waals surface area contributed by atoms with Gasteiger partial charge in [0.1, 0.15) is 17.3 Å². The number of carbonyl (C=O) groups excluding carboxylic acids is 1. The maximum Gasteiger partial charge on any atom is 0.272 e. The molecule has 0 spiro atoms. The molecular weight excluding hydrogens is 309 g/mol. The van der Waals surface area contributed by atoms with Crippen molar-refractivity contribution < 1.29 is 14.3 Å².